The number of hydrogen-bond acceptors (Lipinski definition) is 2. The fourth-order valence-electron chi connectivity index (χ4n) is 17.7. The first-order valence-corrected chi connectivity index (χ1v) is 33.1. The van der Waals surface area contributed by atoms with Crippen LogP contribution < -0.4 is 0 Å². The van der Waals surface area contributed by atoms with E-state index in [9.17, 15) is 0 Å². The van der Waals surface area contributed by atoms with E-state index >= 15 is 0 Å². The van der Waals surface area contributed by atoms with E-state index in [4.69, 9.17) is 9.97 Å². The molecule has 3 aliphatic carbocycles. The zero-order valence-electron chi connectivity index (χ0n) is 53.2. The molecule has 5 nitrogen and oxygen atoms in total. The third-order valence-electron chi connectivity index (χ3n) is 22.0. The van der Waals surface area contributed by atoms with Crippen molar-refractivity contribution in [2.45, 2.75) is 57.8 Å². The minimum atomic E-state index is -0.202. The van der Waals surface area contributed by atoms with Crippen molar-refractivity contribution in [1.82, 2.24) is 23.7 Å². The van der Waals surface area contributed by atoms with Gasteiger partial charge in [0.2, 0.25) is 0 Å². The smallest absolute Gasteiger partial charge is 0.160 e. The topological polar surface area (TPSA) is 40.6 Å². The highest BCUT2D eigenvalue weighted by molar-refractivity contribution is 6.16. The average Bonchev–Trinajstić information content (AvgIpc) is 1.55. The van der Waals surface area contributed by atoms with Gasteiger partial charge in [0, 0.05) is 82.1 Å². The summed E-state index contributed by atoms with van der Waals surface area (Å²) in [6, 6.07) is 102. The Bertz CT molecular complexity index is 6160. The Morgan fingerprint density at radius 3 is 1.00 bits per heavy atom. The number of hydrogen-bond donors (Lipinski definition) is 0. The molecule has 0 N–H and O–H groups in total. The van der Waals surface area contributed by atoms with E-state index in [2.05, 4.69) is 328 Å². The van der Waals surface area contributed by atoms with Crippen LogP contribution in [-0.2, 0) is 16.2 Å². The van der Waals surface area contributed by atoms with E-state index in [1.54, 1.807) is 0 Å². The molecule has 444 valence electrons. The second-order valence-corrected chi connectivity index (χ2v) is 28.0. The molecule has 20 rings (SSSR count). The fraction of sp³-hybridized carbons (Fsp3) is 0.101. The second kappa shape index (κ2) is 18.9. The average molecular weight is 1200 g/mol. The lowest BCUT2D eigenvalue weighted by atomic mass is 9.81. The Hall–Kier alpha value is -11.4. The largest absolute Gasteiger partial charge is 0.309 e. The number of fused-ring (bicyclic) bond motifs is 22. The van der Waals surface area contributed by atoms with Gasteiger partial charge in [-0.2, -0.15) is 0 Å². The van der Waals surface area contributed by atoms with Gasteiger partial charge in [-0.15, -0.1) is 0 Å². The Labute approximate surface area is 545 Å². The van der Waals surface area contributed by atoms with Crippen molar-refractivity contribution >= 4 is 76.3 Å². The van der Waals surface area contributed by atoms with Crippen molar-refractivity contribution in [1.29, 1.82) is 0 Å². The zero-order chi connectivity index (χ0) is 62.7. The van der Waals surface area contributed by atoms with Crippen LogP contribution in [0.5, 0.6) is 0 Å². The first kappa shape index (κ1) is 53.3. The lowest BCUT2D eigenvalue weighted by Gasteiger charge is -2.23. The molecule has 0 atom stereocenters. The summed E-state index contributed by atoms with van der Waals surface area (Å²) < 4.78 is 7.50. The number of rotatable bonds is 6. The molecule has 5 heteroatoms. The van der Waals surface area contributed by atoms with Crippen LogP contribution in [0.4, 0.5) is 0 Å². The van der Waals surface area contributed by atoms with Gasteiger partial charge in [0.05, 0.1) is 44.3 Å². The quantitative estimate of drug-likeness (QED) is 0.166. The minimum Gasteiger partial charge on any atom is -0.309 e. The van der Waals surface area contributed by atoms with E-state index < -0.39 is 0 Å². The molecule has 0 aliphatic heterocycles. The normalized spacial score (nSPS) is 14.5. The highest BCUT2D eigenvalue weighted by Crippen LogP contribution is 2.57. The molecule has 0 spiro atoms. The Kier molecular flexibility index (Phi) is 10.7. The summed E-state index contributed by atoms with van der Waals surface area (Å²) in [6.07, 6.45) is 0. The maximum absolute atomic E-state index is 5.67. The fourth-order valence-corrected chi connectivity index (χ4v) is 17.7. The van der Waals surface area contributed by atoms with Crippen LogP contribution in [0.3, 0.4) is 0 Å². The third-order valence-corrected chi connectivity index (χ3v) is 22.0. The first-order valence-electron chi connectivity index (χ1n) is 33.1. The predicted octanol–water partition coefficient (Wildman–Crippen LogP) is 22.8. The van der Waals surface area contributed by atoms with Crippen LogP contribution in [0, 0.1) is 0 Å². The summed E-state index contributed by atoms with van der Waals surface area (Å²) in [6.45, 7) is 14.3. The Morgan fingerprint density at radius 1 is 0.255 bits per heavy atom. The summed E-state index contributed by atoms with van der Waals surface area (Å²) in [7, 11) is 0. The molecule has 0 radical (unpaired) electrons. The molecular weight excluding hydrogens is 1140 g/mol. The summed E-state index contributed by atoms with van der Waals surface area (Å²) in [4.78, 5) is 11.1. The van der Waals surface area contributed by atoms with Crippen LogP contribution in [0.25, 0.3) is 161 Å². The van der Waals surface area contributed by atoms with Crippen molar-refractivity contribution < 1.29 is 0 Å². The van der Waals surface area contributed by atoms with Crippen LogP contribution >= 0.6 is 0 Å². The van der Waals surface area contributed by atoms with Crippen molar-refractivity contribution in [3.63, 3.8) is 0 Å². The molecule has 0 saturated heterocycles. The summed E-state index contributed by atoms with van der Waals surface area (Å²) in [5.74, 6) is 0.679. The van der Waals surface area contributed by atoms with Crippen LogP contribution in [0.2, 0.25) is 0 Å². The molecule has 0 fully saturated rings. The van der Waals surface area contributed by atoms with Gasteiger partial charge in [-0.1, -0.05) is 236 Å². The third kappa shape index (κ3) is 7.08. The SMILES string of the molecule is CC1(C)c2ccccc2-c2ccc3c4ccccc4n(-c4ccc(-c5ccc6nc(-c7ccc(-n8c9ccccc9c9ccc%10c(c98)C(C)(C)c8ccccc8-%10)cc7)nc(-c7ccc(-n8c9ccccc9c9ccc%10c(c98)C(C)(C)c8ccccc8-%10)cc7)c6c5)cc4)c3c21. The minimum absolute atomic E-state index is 0.180. The molecule has 17 aromatic rings. The molecule has 0 amide bonds. The van der Waals surface area contributed by atoms with Crippen molar-refractivity contribution in [3.05, 3.63) is 306 Å². The van der Waals surface area contributed by atoms with E-state index in [1.165, 1.54) is 132 Å². The van der Waals surface area contributed by atoms with Crippen molar-refractivity contribution in [2.75, 3.05) is 0 Å². The van der Waals surface area contributed by atoms with Gasteiger partial charge in [0.1, 0.15) is 0 Å². The van der Waals surface area contributed by atoms with Crippen LogP contribution in [0.1, 0.15) is 74.9 Å². The molecule has 4 heterocycles. The summed E-state index contributed by atoms with van der Waals surface area (Å²) in [5, 5.41) is 8.56. The summed E-state index contributed by atoms with van der Waals surface area (Å²) >= 11 is 0. The molecule has 3 aliphatic rings. The van der Waals surface area contributed by atoms with E-state index in [0.29, 0.717) is 5.82 Å². The standard InChI is InChI=1S/C89H63N5/c1-87(2)72-25-13-7-19-59(72)65-44-47-68-62-22-10-16-28-76(62)92(83(68)79(65)87)56-38-31-52(32-39-56)55-37-50-75-71(51-55)82(53-33-40-57(41-34-53)93-77-29-17-11-23-63(77)69-48-45-66-60-20-8-14-26-73(60)88(3,4)80(66)84(69)93)91-86(90-75)54-35-42-58(43-36-54)94-78-30-18-12-24-64(78)70-49-46-67-61-21-9-15-27-74(61)89(5,6)81(67)85(70)94/h7-51H,1-6H3. The number of para-hydroxylation sites is 3. The zero-order valence-corrected chi connectivity index (χ0v) is 53.2. The van der Waals surface area contributed by atoms with Crippen LogP contribution in [-0.4, -0.2) is 23.7 Å². The molecule has 4 aromatic heterocycles. The number of nitrogens with zero attached hydrogens (tertiary/aromatic N) is 5. The van der Waals surface area contributed by atoms with Gasteiger partial charge in [-0.25, -0.2) is 9.97 Å². The lowest BCUT2D eigenvalue weighted by molar-refractivity contribution is 0.663. The lowest BCUT2D eigenvalue weighted by Crippen LogP contribution is -2.16. The van der Waals surface area contributed by atoms with Gasteiger partial charge >= 0.3 is 0 Å². The highest BCUT2D eigenvalue weighted by atomic mass is 15.0. The molecule has 0 saturated carbocycles. The molecule has 0 unspecified atom stereocenters. The summed E-state index contributed by atoms with van der Waals surface area (Å²) in [5.41, 5.74) is 32.2. The maximum atomic E-state index is 5.67. The second-order valence-electron chi connectivity index (χ2n) is 28.0. The maximum Gasteiger partial charge on any atom is 0.160 e. The van der Waals surface area contributed by atoms with Gasteiger partial charge in [-0.05, 0) is 157 Å². The highest BCUT2D eigenvalue weighted by Gasteiger charge is 2.41. The van der Waals surface area contributed by atoms with E-state index in [1.807, 2.05) is 0 Å². The molecule has 0 bridgehead atoms. The number of aromatic nitrogens is 5. The first-order chi connectivity index (χ1) is 45.9. The predicted molar refractivity (Wildman–Crippen MR) is 392 cm³/mol. The van der Waals surface area contributed by atoms with E-state index in [-0.39, 0.29) is 16.2 Å². The Morgan fingerprint density at radius 2 is 0.596 bits per heavy atom. The Balaban J connectivity index is 0.741. The van der Waals surface area contributed by atoms with Crippen LogP contribution in [0.15, 0.2) is 273 Å². The van der Waals surface area contributed by atoms with Gasteiger partial charge in [-0.3, -0.25) is 0 Å². The van der Waals surface area contributed by atoms with Gasteiger partial charge < -0.3 is 13.7 Å². The van der Waals surface area contributed by atoms with Crippen molar-refractivity contribution in [2.24, 2.45) is 0 Å². The van der Waals surface area contributed by atoms with Crippen molar-refractivity contribution in [3.8, 4) is 84.2 Å². The molecular formula is C89H63N5. The van der Waals surface area contributed by atoms with Gasteiger partial charge in [0.15, 0.2) is 5.82 Å². The van der Waals surface area contributed by atoms with E-state index in [0.717, 1.165) is 55.9 Å². The monoisotopic (exact) mass is 1200 g/mol. The molecule has 94 heavy (non-hydrogen) atoms. The number of benzene rings is 13. The molecule has 13 aromatic carbocycles. The van der Waals surface area contributed by atoms with Gasteiger partial charge in [0.25, 0.3) is 0 Å².